The maximum absolute atomic E-state index is 12.3. The van der Waals surface area contributed by atoms with E-state index in [1.54, 1.807) is 12.1 Å². The van der Waals surface area contributed by atoms with E-state index in [0.717, 1.165) is 37.2 Å². The Kier molecular flexibility index (Phi) is 4.64. The van der Waals surface area contributed by atoms with Gasteiger partial charge in [-0.15, -0.1) is 0 Å². The highest BCUT2D eigenvalue weighted by molar-refractivity contribution is 5.92. The van der Waals surface area contributed by atoms with Crippen LogP contribution in [0.15, 0.2) is 34.9 Å². The molecule has 3 rings (SSSR count). The quantitative estimate of drug-likeness (QED) is 0.905. The lowest BCUT2D eigenvalue weighted by atomic mass is 9.97. The minimum atomic E-state index is -0.414. The molecule has 0 bridgehead atoms. The average Bonchev–Trinajstić information content (AvgIpc) is 3.17. The van der Waals surface area contributed by atoms with E-state index in [9.17, 15) is 9.59 Å². The van der Waals surface area contributed by atoms with Gasteiger partial charge in [0.25, 0.3) is 0 Å². The Bertz CT molecular complexity index is 753. The van der Waals surface area contributed by atoms with Crippen LogP contribution in [0.1, 0.15) is 33.8 Å². The number of nitrogens with zero attached hydrogens (tertiary/aromatic N) is 2. The number of carbonyl (C=O) groups is 2. The summed E-state index contributed by atoms with van der Waals surface area (Å²) in [6.07, 6.45) is 2.05. The van der Waals surface area contributed by atoms with Crippen molar-refractivity contribution < 1.29 is 14.1 Å². The van der Waals surface area contributed by atoms with E-state index < -0.39 is 5.91 Å². The fourth-order valence-corrected chi connectivity index (χ4v) is 3.17. The smallest absolute Gasteiger partial charge is 0.248 e. The highest BCUT2D eigenvalue weighted by Crippen LogP contribution is 2.22. The zero-order chi connectivity index (χ0) is 17.1. The molecule has 0 saturated carbocycles. The summed E-state index contributed by atoms with van der Waals surface area (Å²) < 4.78 is 5.11. The summed E-state index contributed by atoms with van der Waals surface area (Å²) in [5, 5.41) is 3.81. The predicted octanol–water partition coefficient (Wildman–Crippen LogP) is 1.72. The molecule has 1 saturated heterocycles. The first kappa shape index (κ1) is 16.2. The Morgan fingerprint density at radius 3 is 2.92 bits per heavy atom. The van der Waals surface area contributed by atoms with Gasteiger partial charge in [-0.3, -0.25) is 9.59 Å². The van der Waals surface area contributed by atoms with Crippen molar-refractivity contribution in [1.29, 1.82) is 0 Å². The largest absolute Gasteiger partial charge is 0.366 e. The first-order valence-corrected chi connectivity index (χ1v) is 8.10. The Hall–Kier alpha value is -2.63. The van der Waals surface area contributed by atoms with Crippen molar-refractivity contribution in [3.63, 3.8) is 0 Å². The highest BCUT2D eigenvalue weighted by atomic mass is 16.5. The van der Waals surface area contributed by atoms with Crippen LogP contribution >= 0.6 is 0 Å². The van der Waals surface area contributed by atoms with Crippen molar-refractivity contribution in [3.8, 4) is 0 Å². The predicted molar refractivity (Wildman–Crippen MR) is 88.3 cm³/mol. The van der Waals surface area contributed by atoms with E-state index in [0.29, 0.717) is 17.2 Å². The number of primary amides is 1. The van der Waals surface area contributed by atoms with Crippen molar-refractivity contribution >= 4 is 11.8 Å². The Morgan fingerprint density at radius 2 is 2.21 bits per heavy atom. The third-order valence-electron chi connectivity index (χ3n) is 4.38. The lowest BCUT2D eigenvalue weighted by molar-refractivity contribution is -0.129. The molecule has 6 heteroatoms. The molecule has 1 aromatic heterocycles. The summed E-state index contributed by atoms with van der Waals surface area (Å²) in [5.41, 5.74) is 7.71. The van der Waals surface area contributed by atoms with Crippen LogP contribution in [0.5, 0.6) is 0 Å². The number of amides is 2. The third-order valence-corrected chi connectivity index (χ3v) is 4.38. The van der Waals surface area contributed by atoms with Crippen LogP contribution in [0.25, 0.3) is 0 Å². The first-order chi connectivity index (χ1) is 11.5. The molecule has 2 aromatic rings. The second-order valence-corrected chi connectivity index (χ2v) is 6.37. The average molecular weight is 327 g/mol. The van der Waals surface area contributed by atoms with Gasteiger partial charge in [-0.05, 0) is 43.4 Å². The maximum atomic E-state index is 12.3. The van der Waals surface area contributed by atoms with Gasteiger partial charge in [0.2, 0.25) is 11.8 Å². The van der Waals surface area contributed by atoms with Crippen molar-refractivity contribution in [1.82, 2.24) is 10.1 Å². The molecule has 1 aromatic carbocycles. The summed E-state index contributed by atoms with van der Waals surface area (Å²) in [7, 11) is 0. The van der Waals surface area contributed by atoms with E-state index in [2.05, 4.69) is 5.16 Å². The molecule has 0 radical (unpaired) electrons. The van der Waals surface area contributed by atoms with E-state index in [1.165, 1.54) is 0 Å². The SMILES string of the molecule is Cc1cc(CC(=O)N2CCC(Cc3cccc(C(N)=O)c3)C2)on1. The molecule has 126 valence electrons. The number of nitrogens with two attached hydrogens (primary N) is 1. The summed E-state index contributed by atoms with van der Waals surface area (Å²) in [6.45, 7) is 3.32. The van der Waals surface area contributed by atoms with Gasteiger partial charge in [-0.25, -0.2) is 0 Å². The second-order valence-electron chi connectivity index (χ2n) is 6.37. The fraction of sp³-hybridized carbons (Fsp3) is 0.389. The van der Waals surface area contributed by atoms with Crippen LogP contribution in [-0.2, 0) is 17.6 Å². The lowest BCUT2D eigenvalue weighted by Crippen LogP contribution is -2.30. The second kappa shape index (κ2) is 6.86. The van der Waals surface area contributed by atoms with Gasteiger partial charge < -0.3 is 15.2 Å². The lowest BCUT2D eigenvalue weighted by Gasteiger charge is -2.16. The molecule has 2 heterocycles. The molecule has 24 heavy (non-hydrogen) atoms. The molecule has 0 spiro atoms. The molecular formula is C18H21N3O3. The molecule has 6 nitrogen and oxygen atoms in total. The number of carbonyl (C=O) groups excluding carboxylic acids is 2. The first-order valence-electron chi connectivity index (χ1n) is 8.10. The minimum absolute atomic E-state index is 0.0690. The Labute approximate surface area is 140 Å². The summed E-state index contributed by atoms with van der Waals surface area (Å²) in [4.78, 5) is 25.5. The van der Waals surface area contributed by atoms with Crippen LogP contribution < -0.4 is 5.73 Å². The Morgan fingerprint density at radius 1 is 1.38 bits per heavy atom. The van der Waals surface area contributed by atoms with Crippen molar-refractivity contribution in [3.05, 3.63) is 52.9 Å². The molecule has 1 aliphatic rings. The van der Waals surface area contributed by atoms with Gasteiger partial charge in [-0.2, -0.15) is 0 Å². The summed E-state index contributed by atoms with van der Waals surface area (Å²) >= 11 is 0. The van der Waals surface area contributed by atoms with Gasteiger partial charge in [0.15, 0.2) is 0 Å². The summed E-state index contributed by atoms with van der Waals surface area (Å²) in [5.74, 6) is 0.658. The van der Waals surface area contributed by atoms with Gasteiger partial charge in [0, 0.05) is 24.7 Å². The molecule has 1 unspecified atom stereocenters. The van der Waals surface area contributed by atoms with Gasteiger partial charge in [0.05, 0.1) is 12.1 Å². The molecular weight excluding hydrogens is 306 g/mol. The van der Waals surface area contributed by atoms with E-state index >= 15 is 0 Å². The standard InChI is InChI=1S/C18H21N3O3/c1-12-7-16(24-20-12)10-17(22)21-6-5-14(11-21)8-13-3-2-4-15(9-13)18(19)23/h2-4,7,9,14H,5-6,8,10-11H2,1H3,(H2,19,23). The molecule has 1 fully saturated rings. The number of hydrogen-bond donors (Lipinski definition) is 1. The van der Waals surface area contributed by atoms with Gasteiger partial charge >= 0.3 is 0 Å². The van der Waals surface area contributed by atoms with Gasteiger partial charge in [-0.1, -0.05) is 17.3 Å². The van der Waals surface area contributed by atoms with Crippen LogP contribution in [0, 0.1) is 12.8 Å². The minimum Gasteiger partial charge on any atom is -0.366 e. The van der Waals surface area contributed by atoms with Crippen LogP contribution in [0.2, 0.25) is 0 Å². The highest BCUT2D eigenvalue weighted by Gasteiger charge is 2.27. The van der Waals surface area contributed by atoms with Crippen molar-refractivity contribution in [2.24, 2.45) is 11.7 Å². The normalized spacial score (nSPS) is 17.2. The van der Waals surface area contributed by atoms with Crippen molar-refractivity contribution in [2.45, 2.75) is 26.2 Å². The van der Waals surface area contributed by atoms with Crippen molar-refractivity contribution in [2.75, 3.05) is 13.1 Å². The van der Waals surface area contributed by atoms with E-state index in [-0.39, 0.29) is 12.3 Å². The molecule has 2 amide bonds. The summed E-state index contributed by atoms with van der Waals surface area (Å²) in [6, 6.07) is 9.19. The Balaban J connectivity index is 1.56. The molecule has 0 aliphatic carbocycles. The topological polar surface area (TPSA) is 89.4 Å². The maximum Gasteiger partial charge on any atom is 0.248 e. The zero-order valence-corrected chi connectivity index (χ0v) is 13.7. The monoisotopic (exact) mass is 327 g/mol. The number of hydrogen-bond acceptors (Lipinski definition) is 4. The number of aromatic nitrogens is 1. The number of benzene rings is 1. The number of aryl methyl sites for hydroxylation is 1. The molecule has 1 atom stereocenters. The number of likely N-dealkylation sites (tertiary alicyclic amines) is 1. The zero-order valence-electron chi connectivity index (χ0n) is 13.7. The van der Waals surface area contributed by atoms with E-state index in [1.807, 2.05) is 30.0 Å². The van der Waals surface area contributed by atoms with Crippen LogP contribution in [-0.4, -0.2) is 35.0 Å². The third kappa shape index (κ3) is 3.82. The fourth-order valence-electron chi connectivity index (χ4n) is 3.17. The van der Waals surface area contributed by atoms with Gasteiger partial charge in [0.1, 0.15) is 5.76 Å². The molecule has 2 N–H and O–H groups in total. The number of rotatable bonds is 5. The molecule has 1 aliphatic heterocycles. The van der Waals surface area contributed by atoms with Crippen LogP contribution in [0.3, 0.4) is 0 Å². The van der Waals surface area contributed by atoms with Crippen LogP contribution in [0.4, 0.5) is 0 Å². The van der Waals surface area contributed by atoms with E-state index in [4.69, 9.17) is 10.3 Å².